The van der Waals surface area contributed by atoms with E-state index in [9.17, 15) is 20.1 Å². The zero-order chi connectivity index (χ0) is 27.1. The van der Waals surface area contributed by atoms with Gasteiger partial charge in [-0.25, -0.2) is 0 Å². The number of nitrogens with one attached hydrogen (secondary N) is 3. The first-order valence-electron chi connectivity index (χ1n) is 12.7. The SMILES string of the molecule is COc1cccc(CCNC(=O)c2cc3cc(C[C@@H](C)NC[C@H](O)c4ccc(O)c(CO)c4)ccc3[nH]2)c1. The predicted octanol–water partition coefficient (Wildman–Crippen LogP) is 3.60. The molecule has 4 aromatic rings. The summed E-state index contributed by atoms with van der Waals surface area (Å²) < 4.78 is 5.25. The van der Waals surface area contributed by atoms with Crippen LogP contribution in [0, 0.1) is 0 Å². The van der Waals surface area contributed by atoms with Crippen LogP contribution in [0.15, 0.2) is 66.7 Å². The number of aromatic nitrogens is 1. The summed E-state index contributed by atoms with van der Waals surface area (Å²) in [4.78, 5) is 15.9. The van der Waals surface area contributed by atoms with Crippen LogP contribution < -0.4 is 15.4 Å². The van der Waals surface area contributed by atoms with Crippen molar-refractivity contribution in [1.29, 1.82) is 0 Å². The van der Waals surface area contributed by atoms with Gasteiger partial charge >= 0.3 is 0 Å². The Morgan fingerprint density at radius 3 is 2.68 bits per heavy atom. The van der Waals surface area contributed by atoms with E-state index < -0.39 is 6.10 Å². The number of carbonyl (C=O) groups excluding carboxylic acids is 1. The molecule has 0 saturated carbocycles. The molecule has 0 aliphatic carbocycles. The second kappa shape index (κ2) is 12.6. The lowest BCUT2D eigenvalue weighted by Gasteiger charge is -2.18. The summed E-state index contributed by atoms with van der Waals surface area (Å²) in [6, 6.07) is 20.6. The first-order valence-corrected chi connectivity index (χ1v) is 12.7. The van der Waals surface area contributed by atoms with E-state index in [0.29, 0.717) is 36.3 Å². The second-order valence-electron chi connectivity index (χ2n) is 9.54. The van der Waals surface area contributed by atoms with Crippen molar-refractivity contribution >= 4 is 16.8 Å². The Balaban J connectivity index is 1.29. The number of benzene rings is 3. The van der Waals surface area contributed by atoms with Crippen LogP contribution in [0.3, 0.4) is 0 Å². The Hall–Kier alpha value is -3.85. The van der Waals surface area contributed by atoms with Crippen LogP contribution in [0.2, 0.25) is 0 Å². The molecule has 8 heteroatoms. The van der Waals surface area contributed by atoms with Gasteiger partial charge in [0, 0.05) is 35.6 Å². The number of carbonyl (C=O) groups is 1. The zero-order valence-corrected chi connectivity index (χ0v) is 21.7. The first-order chi connectivity index (χ1) is 18.4. The van der Waals surface area contributed by atoms with Gasteiger partial charge in [-0.15, -0.1) is 0 Å². The highest BCUT2D eigenvalue weighted by atomic mass is 16.5. The molecule has 0 spiro atoms. The van der Waals surface area contributed by atoms with Crippen molar-refractivity contribution in [3.05, 3.63) is 94.7 Å². The summed E-state index contributed by atoms with van der Waals surface area (Å²) >= 11 is 0. The largest absolute Gasteiger partial charge is 0.508 e. The maximum atomic E-state index is 12.7. The molecule has 6 N–H and O–H groups in total. The minimum absolute atomic E-state index is 0.0128. The summed E-state index contributed by atoms with van der Waals surface area (Å²) in [5.74, 6) is 0.668. The number of aliphatic hydroxyl groups is 2. The molecule has 1 heterocycles. The average molecular weight is 518 g/mol. The lowest BCUT2D eigenvalue weighted by atomic mass is 10.0. The second-order valence-corrected chi connectivity index (χ2v) is 9.54. The molecule has 1 amide bonds. The number of ether oxygens (including phenoxy) is 1. The standard InChI is InChI=1S/C30H35N3O5/c1-19(32-17-29(36)22-7-9-28(35)24(15-22)18-34)12-21-6-8-26-23(13-21)16-27(33-26)30(37)31-11-10-20-4-3-5-25(14-20)38-2/h3-9,13-16,19,29,32-36H,10-12,17-18H2,1-2H3,(H,31,37)/t19-,29+/m1/s1. The van der Waals surface area contributed by atoms with Gasteiger partial charge in [0.2, 0.25) is 0 Å². The minimum Gasteiger partial charge on any atom is -0.508 e. The third-order valence-corrected chi connectivity index (χ3v) is 6.62. The molecule has 0 aliphatic heterocycles. The fourth-order valence-corrected chi connectivity index (χ4v) is 4.47. The van der Waals surface area contributed by atoms with E-state index in [1.807, 2.05) is 49.4 Å². The molecule has 1 aromatic heterocycles. The molecule has 0 saturated heterocycles. The van der Waals surface area contributed by atoms with E-state index in [-0.39, 0.29) is 24.3 Å². The summed E-state index contributed by atoms with van der Waals surface area (Å²) in [5, 5.41) is 36.8. The Kier molecular flexibility index (Phi) is 9.02. The van der Waals surface area contributed by atoms with Crippen LogP contribution in [0.25, 0.3) is 10.9 Å². The monoisotopic (exact) mass is 517 g/mol. The van der Waals surface area contributed by atoms with Crippen molar-refractivity contribution in [2.24, 2.45) is 0 Å². The van der Waals surface area contributed by atoms with E-state index in [0.717, 1.165) is 34.2 Å². The first kappa shape index (κ1) is 27.2. The average Bonchev–Trinajstić information content (AvgIpc) is 3.36. The van der Waals surface area contributed by atoms with Crippen LogP contribution in [0.5, 0.6) is 11.5 Å². The lowest BCUT2D eigenvalue weighted by molar-refractivity contribution is 0.0950. The summed E-state index contributed by atoms with van der Waals surface area (Å²) in [7, 11) is 1.64. The van der Waals surface area contributed by atoms with Gasteiger partial charge in [-0.3, -0.25) is 4.79 Å². The number of methoxy groups -OCH3 is 1. The van der Waals surface area contributed by atoms with Crippen LogP contribution in [-0.4, -0.2) is 52.5 Å². The topological polar surface area (TPSA) is 127 Å². The molecule has 200 valence electrons. The number of aromatic amines is 1. The minimum atomic E-state index is -0.763. The molecular formula is C30H35N3O5. The summed E-state index contributed by atoms with van der Waals surface area (Å²) in [6.45, 7) is 2.62. The Morgan fingerprint density at radius 2 is 1.89 bits per heavy atom. The number of phenols is 1. The van der Waals surface area contributed by atoms with Crippen molar-refractivity contribution in [3.63, 3.8) is 0 Å². The van der Waals surface area contributed by atoms with Gasteiger partial charge < -0.3 is 35.7 Å². The summed E-state index contributed by atoms with van der Waals surface area (Å²) in [5.41, 5.74) is 4.65. The molecule has 2 atom stereocenters. The number of amides is 1. The zero-order valence-electron chi connectivity index (χ0n) is 21.7. The normalized spacial score (nSPS) is 12.8. The lowest BCUT2D eigenvalue weighted by Crippen LogP contribution is -2.32. The predicted molar refractivity (Wildman–Crippen MR) is 147 cm³/mol. The molecule has 0 fully saturated rings. The molecule has 0 bridgehead atoms. The molecule has 3 aromatic carbocycles. The van der Waals surface area contributed by atoms with Gasteiger partial charge in [0.15, 0.2) is 0 Å². The molecular weight excluding hydrogens is 482 g/mol. The number of hydrogen-bond acceptors (Lipinski definition) is 6. The highest BCUT2D eigenvalue weighted by molar-refractivity contribution is 5.98. The quantitative estimate of drug-likeness (QED) is 0.171. The van der Waals surface area contributed by atoms with Crippen molar-refractivity contribution in [3.8, 4) is 11.5 Å². The molecule has 8 nitrogen and oxygen atoms in total. The van der Waals surface area contributed by atoms with Gasteiger partial charge in [0.25, 0.3) is 5.91 Å². The Labute approximate surface area is 222 Å². The number of aromatic hydroxyl groups is 1. The molecule has 0 aliphatic rings. The van der Waals surface area contributed by atoms with E-state index in [1.54, 1.807) is 19.2 Å². The van der Waals surface area contributed by atoms with Crippen LogP contribution in [0.1, 0.15) is 45.8 Å². The van der Waals surface area contributed by atoms with Gasteiger partial charge in [-0.05, 0) is 78.9 Å². The number of H-pyrrole nitrogens is 1. The van der Waals surface area contributed by atoms with Crippen molar-refractivity contribution < 1.29 is 24.9 Å². The number of hydrogen-bond donors (Lipinski definition) is 6. The van der Waals surface area contributed by atoms with Crippen LogP contribution in [-0.2, 0) is 19.4 Å². The van der Waals surface area contributed by atoms with Gasteiger partial charge in [-0.2, -0.15) is 0 Å². The Morgan fingerprint density at radius 1 is 1.05 bits per heavy atom. The smallest absolute Gasteiger partial charge is 0.267 e. The van der Waals surface area contributed by atoms with E-state index >= 15 is 0 Å². The molecule has 38 heavy (non-hydrogen) atoms. The van der Waals surface area contributed by atoms with Gasteiger partial charge in [0.1, 0.15) is 17.2 Å². The third-order valence-electron chi connectivity index (χ3n) is 6.62. The van der Waals surface area contributed by atoms with E-state index in [2.05, 4.69) is 21.7 Å². The fraction of sp³-hybridized carbons (Fsp3) is 0.300. The van der Waals surface area contributed by atoms with Crippen LogP contribution in [0.4, 0.5) is 0 Å². The molecule has 4 rings (SSSR count). The van der Waals surface area contributed by atoms with Crippen molar-refractivity contribution in [1.82, 2.24) is 15.6 Å². The fourth-order valence-electron chi connectivity index (χ4n) is 4.47. The molecule has 0 radical (unpaired) electrons. The van der Waals surface area contributed by atoms with Gasteiger partial charge in [-0.1, -0.05) is 24.3 Å². The molecule has 0 unspecified atom stereocenters. The number of rotatable bonds is 12. The Bertz CT molecular complexity index is 1380. The maximum absolute atomic E-state index is 12.7. The summed E-state index contributed by atoms with van der Waals surface area (Å²) in [6.07, 6.45) is 0.691. The highest BCUT2D eigenvalue weighted by Gasteiger charge is 2.14. The van der Waals surface area contributed by atoms with Crippen molar-refractivity contribution in [2.75, 3.05) is 20.2 Å². The van der Waals surface area contributed by atoms with Crippen molar-refractivity contribution in [2.45, 2.75) is 38.5 Å². The highest BCUT2D eigenvalue weighted by Crippen LogP contribution is 2.23. The number of fused-ring (bicyclic) bond motifs is 1. The van der Waals surface area contributed by atoms with Crippen LogP contribution >= 0.6 is 0 Å². The third kappa shape index (κ3) is 6.92. The maximum Gasteiger partial charge on any atom is 0.267 e. The van der Waals surface area contributed by atoms with Gasteiger partial charge in [0.05, 0.1) is 19.8 Å². The number of aliphatic hydroxyl groups excluding tert-OH is 2. The van der Waals surface area contributed by atoms with E-state index in [1.165, 1.54) is 6.07 Å². The van der Waals surface area contributed by atoms with E-state index in [4.69, 9.17) is 4.74 Å².